The molecule has 246 valence electrons. The van der Waals surface area contributed by atoms with Gasteiger partial charge in [-0.2, -0.15) is 0 Å². The molecule has 3 aromatic carbocycles. The molecule has 1 N–H and O–H groups in total. The first-order chi connectivity index (χ1) is 22.3. The Morgan fingerprint density at radius 2 is 0.800 bits per heavy atom. The van der Waals surface area contributed by atoms with Gasteiger partial charge in [-0.05, 0) is 47.5 Å². The van der Waals surface area contributed by atoms with Crippen LogP contribution in [0.25, 0.3) is 0 Å². The average Bonchev–Trinajstić information content (AvgIpc) is 3.07. The van der Waals surface area contributed by atoms with Crippen LogP contribution in [-0.4, -0.2) is 93.5 Å². The van der Waals surface area contributed by atoms with E-state index in [4.69, 9.17) is 47.4 Å². The van der Waals surface area contributed by atoms with Crippen LogP contribution in [0.3, 0.4) is 0 Å². The van der Waals surface area contributed by atoms with Crippen LogP contribution in [-0.2, 0) is 32.0 Å². The quantitative estimate of drug-likeness (QED) is 0.440. The number of para-hydroxylation sites is 2. The molecule has 0 saturated carbocycles. The molecule has 11 heteroatoms. The summed E-state index contributed by atoms with van der Waals surface area (Å²) >= 11 is 0. The molecule has 0 aromatic heterocycles. The van der Waals surface area contributed by atoms with Crippen molar-refractivity contribution < 1.29 is 47.4 Å². The van der Waals surface area contributed by atoms with E-state index >= 15 is 0 Å². The van der Waals surface area contributed by atoms with Gasteiger partial charge in [0.1, 0.15) is 26.4 Å². The summed E-state index contributed by atoms with van der Waals surface area (Å²) in [6.45, 7) is 6.44. The first-order valence-electron chi connectivity index (χ1n) is 15.2. The minimum Gasteiger partial charge on any atom is -0.493 e. The molecule has 0 spiro atoms. The van der Waals surface area contributed by atoms with Crippen molar-refractivity contribution in [3.63, 3.8) is 0 Å². The Bertz CT molecular complexity index is 1160. The van der Waals surface area contributed by atoms with Crippen molar-refractivity contribution in [1.82, 2.24) is 5.32 Å². The minimum absolute atomic E-state index is 0.393. The summed E-state index contributed by atoms with van der Waals surface area (Å²) in [4.78, 5) is 0. The van der Waals surface area contributed by atoms with Gasteiger partial charge in [-0.1, -0.05) is 24.3 Å². The highest BCUT2D eigenvalue weighted by atomic mass is 16.6. The Kier molecular flexibility index (Phi) is 15.4. The lowest BCUT2D eigenvalue weighted by Crippen LogP contribution is -2.14. The second-order valence-electron chi connectivity index (χ2n) is 9.86. The van der Waals surface area contributed by atoms with E-state index in [0.29, 0.717) is 127 Å². The number of ether oxygens (including phenoxy) is 10. The van der Waals surface area contributed by atoms with Gasteiger partial charge in [0.25, 0.3) is 0 Å². The summed E-state index contributed by atoms with van der Waals surface area (Å²) in [7, 11) is 3.27. The maximum atomic E-state index is 5.89. The highest BCUT2D eigenvalue weighted by Gasteiger charge is 2.09. The van der Waals surface area contributed by atoms with Gasteiger partial charge in [0.2, 0.25) is 0 Å². The van der Waals surface area contributed by atoms with E-state index in [1.165, 1.54) is 0 Å². The van der Waals surface area contributed by atoms with Crippen molar-refractivity contribution in [2.75, 3.05) is 93.5 Å². The van der Waals surface area contributed by atoms with Crippen molar-refractivity contribution in [2.45, 2.75) is 13.1 Å². The number of nitrogens with one attached hydrogen (secondary N) is 1. The number of benzene rings is 3. The molecule has 6 rings (SSSR count). The standard InChI is InChI=1S/C34H45NO10/c1-36-33-23-27-7-9-31(33)44-21-17-40-13-11-38-15-19-42-29-5-3-4-6-30(29)43-20-16-39-12-14-41-18-22-45-32-10-8-28(26-35-25-27)24-34(32)37-2/h3-10,23-24,35H,11-22,25-26H2,1-2H3. The molecule has 0 amide bonds. The largest absolute Gasteiger partial charge is 0.493 e. The van der Waals surface area contributed by atoms with E-state index < -0.39 is 0 Å². The molecule has 3 aliphatic heterocycles. The normalized spacial score (nSPS) is 17.0. The van der Waals surface area contributed by atoms with Crippen LogP contribution < -0.4 is 33.7 Å². The van der Waals surface area contributed by atoms with Crippen LogP contribution in [0.2, 0.25) is 0 Å². The summed E-state index contributed by atoms with van der Waals surface area (Å²) in [6.07, 6.45) is 0. The van der Waals surface area contributed by atoms with Crippen molar-refractivity contribution >= 4 is 0 Å². The fourth-order valence-corrected chi connectivity index (χ4v) is 4.41. The van der Waals surface area contributed by atoms with Crippen molar-refractivity contribution in [2.24, 2.45) is 0 Å². The van der Waals surface area contributed by atoms with Crippen LogP contribution in [0.15, 0.2) is 60.7 Å². The van der Waals surface area contributed by atoms with Gasteiger partial charge >= 0.3 is 0 Å². The predicted octanol–water partition coefficient (Wildman–Crippen LogP) is 4.29. The molecule has 0 saturated heterocycles. The third kappa shape index (κ3) is 12.3. The van der Waals surface area contributed by atoms with Gasteiger partial charge in [0.05, 0.1) is 67.1 Å². The van der Waals surface area contributed by atoms with Gasteiger partial charge in [-0.3, -0.25) is 0 Å². The van der Waals surface area contributed by atoms with E-state index in [2.05, 4.69) is 5.32 Å². The molecular formula is C34H45NO10. The van der Waals surface area contributed by atoms with Crippen LogP contribution >= 0.6 is 0 Å². The predicted molar refractivity (Wildman–Crippen MR) is 168 cm³/mol. The van der Waals surface area contributed by atoms with Crippen LogP contribution in [0.5, 0.6) is 34.5 Å². The Labute approximate surface area is 265 Å². The van der Waals surface area contributed by atoms with E-state index in [9.17, 15) is 0 Å². The Morgan fingerprint density at radius 3 is 1.18 bits per heavy atom. The first kappa shape index (κ1) is 34.1. The number of methoxy groups -OCH3 is 2. The fraction of sp³-hybridized carbons (Fsp3) is 0.471. The molecule has 3 aliphatic rings. The maximum Gasteiger partial charge on any atom is 0.161 e. The van der Waals surface area contributed by atoms with Crippen LogP contribution in [0.4, 0.5) is 0 Å². The SMILES string of the molecule is COc1cc2ccc1OCCOCCOCCOc1ccccc1OCCOCCOCCOc1ccc(cc1OC)CNC2. The summed E-state index contributed by atoms with van der Waals surface area (Å²) in [5.74, 6) is 4.00. The maximum absolute atomic E-state index is 5.89. The van der Waals surface area contributed by atoms with E-state index in [-0.39, 0.29) is 0 Å². The first-order valence-corrected chi connectivity index (χ1v) is 15.2. The lowest BCUT2D eigenvalue weighted by atomic mass is 10.1. The smallest absolute Gasteiger partial charge is 0.161 e. The Balaban J connectivity index is 1.29. The number of rotatable bonds is 2. The molecule has 0 fully saturated rings. The van der Waals surface area contributed by atoms with Gasteiger partial charge in [0, 0.05) is 13.1 Å². The fourth-order valence-electron chi connectivity index (χ4n) is 4.41. The molecule has 0 radical (unpaired) electrons. The zero-order chi connectivity index (χ0) is 31.4. The summed E-state index contributed by atoms with van der Waals surface area (Å²) in [5.41, 5.74) is 2.15. The molecule has 0 unspecified atom stereocenters. The summed E-state index contributed by atoms with van der Waals surface area (Å²) < 4.78 is 57.2. The van der Waals surface area contributed by atoms with Gasteiger partial charge in [0.15, 0.2) is 34.5 Å². The van der Waals surface area contributed by atoms with Gasteiger partial charge in [-0.25, -0.2) is 0 Å². The monoisotopic (exact) mass is 627 g/mol. The molecule has 45 heavy (non-hydrogen) atoms. The molecule has 3 heterocycles. The summed E-state index contributed by atoms with van der Waals surface area (Å²) in [5, 5.41) is 3.46. The zero-order valence-corrected chi connectivity index (χ0v) is 26.3. The highest BCUT2D eigenvalue weighted by Crippen LogP contribution is 2.30. The number of fused-ring (bicyclic) bond motifs is 2. The van der Waals surface area contributed by atoms with Gasteiger partial charge < -0.3 is 52.7 Å². The molecule has 0 aliphatic carbocycles. The minimum atomic E-state index is 0.393. The lowest BCUT2D eigenvalue weighted by Gasteiger charge is -2.14. The highest BCUT2D eigenvalue weighted by molar-refractivity contribution is 5.44. The molecule has 0 atom stereocenters. The third-order valence-corrected chi connectivity index (χ3v) is 6.65. The molecule has 11 nitrogen and oxygen atoms in total. The van der Waals surface area contributed by atoms with Crippen molar-refractivity contribution in [1.29, 1.82) is 0 Å². The molecule has 4 bridgehead atoms. The van der Waals surface area contributed by atoms with E-state index in [0.717, 1.165) is 11.1 Å². The number of hydrogen-bond donors (Lipinski definition) is 1. The van der Waals surface area contributed by atoms with E-state index in [1.54, 1.807) is 14.2 Å². The Morgan fingerprint density at radius 1 is 0.444 bits per heavy atom. The second kappa shape index (κ2) is 20.3. The van der Waals surface area contributed by atoms with Crippen LogP contribution in [0.1, 0.15) is 11.1 Å². The summed E-state index contributed by atoms with van der Waals surface area (Å²) in [6, 6.07) is 19.3. The van der Waals surface area contributed by atoms with Gasteiger partial charge in [-0.15, -0.1) is 0 Å². The van der Waals surface area contributed by atoms with E-state index in [1.807, 2.05) is 60.7 Å². The van der Waals surface area contributed by atoms with Crippen LogP contribution in [0, 0.1) is 0 Å². The second-order valence-corrected chi connectivity index (χ2v) is 9.86. The lowest BCUT2D eigenvalue weighted by molar-refractivity contribution is 0.0245. The number of hydrogen-bond acceptors (Lipinski definition) is 11. The molecular weight excluding hydrogens is 582 g/mol. The zero-order valence-electron chi connectivity index (χ0n) is 26.3. The topological polar surface area (TPSA) is 104 Å². The Hall–Kier alpha value is -3.74. The van der Waals surface area contributed by atoms with Crippen molar-refractivity contribution in [3.05, 3.63) is 71.8 Å². The third-order valence-electron chi connectivity index (χ3n) is 6.65. The average molecular weight is 628 g/mol. The van der Waals surface area contributed by atoms with Crippen molar-refractivity contribution in [3.8, 4) is 34.5 Å². The molecule has 3 aromatic rings.